The van der Waals surface area contributed by atoms with Crippen molar-refractivity contribution in [2.45, 2.75) is 65.0 Å². The van der Waals surface area contributed by atoms with E-state index in [-0.39, 0.29) is 12.6 Å². The molecule has 0 aliphatic carbocycles. The lowest BCUT2D eigenvalue weighted by Gasteiger charge is -2.24. The lowest BCUT2D eigenvalue weighted by atomic mass is 10.1. The Morgan fingerprint density at radius 1 is 1.10 bits per heavy atom. The number of nitrogens with zero attached hydrogens (tertiary/aromatic N) is 3. The van der Waals surface area contributed by atoms with Crippen LogP contribution < -0.4 is 10.7 Å². The molecule has 0 bridgehead atoms. The third kappa shape index (κ3) is 6.35. The van der Waals surface area contributed by atoms with Gasteiger partial charge in [-0.1, -0.05) is 19.6 Å². The van der Waals surface area contributed by atoms with E-state index in [1.807, 2.05) is 19.6 Å². The minimum absolute atomic E-state index is 0.172. The van der Waals surface area contributed by atoms with E-state index in [1.54, 1.807) is 0 Å². The molecular weight excluding hydrogens is 416 g/mol. The third-order valence-electron chi connectivity index (χ3n) is 3.83. The number of anilines is 1. The van der Waals surface area contributed by atoms with Gasteiger partial charge in [-0.05, 0) is 0 Å². The van der Waals surface area contributed by atoms with Gasteiger partial charge in [-0.15, -0.1) is 0 Å². The fourth-order valence-electron chi connectivity index (χ4n) is 2.83. The molecule has 0 aromatic carbocycles. The highest BCUT2D eigenvalue weighted by molar-refractivity contribution is 6.79. The van der Waals surface area contributed by atoms with Crippen molar-refractivity contribution >= 4 is 32.1 Å². The second kappa shape index (κ2) is 9.34. The highest BCUT2D eigenvalue weighted by Gasteiger charge is 2.51. The highest BCUT2D eigenvalue weighted by Crippen LogP contribution is 2.33. The molecule has 1 aromatic rings. The van der Waals surface area contributed by atoms with Crippen LogP contribution in [0.2, 0.25) is 19.6 Å². The van der Waals surface area contributed by atoms with Crippen molar-refractivity contribution in [1.82, 2.24) is 14.5 Å². The van der Waals surface area contributed by atoms with Crippen molar-refractivity contribution < 1.29 is 33.3 Å². The molecule has 1 aliphatic heterocycles. The molecule has 1 saturated heterocycles. The summed E-state index contributed by atoms with van der Waals surface area (Å²) in [7, 11) is -1.80. The maximum atomic E-state index is 12.6. The number of nitrogens with one attached hydrogen (secondary N) is 1. The molecule has 0 unspecified atom stereocenters. The van der Waals surface area contributed by atoms with E-state index in [4.69, 9.17) is 18.9 Å². The molecule has 0 spiro atoms. The molecule has 30 heavy (non-hydrogen) atoms. The first-order valence-electron chi connectivity index (χ1n) is 9.24. The average Bonchev–Trinajstić information content (AvgIpc) is 2.88. The van der Waals surface area contributed by atoms with Gasteiger partial charge in [-0.25, -0.2) is 9.78 Å². The molecule has 1 N–H and O–H groups in total. The Kier molecular flexibility index (Phi) is 7.31. The molecule has 1 aliphatic rings. The fourth-order valence-corrected chi connectivity index (χ4v) is 3.62. The van der Waals surface area contributed by atoms with E-state index in [0.29, 0.717) is 0 Å². The van der Waals surface area contributed by atoms with Crippen molar-refractivity contribution in [1.29, 1.82) is 0 Å². The van der Waals surface area contributed by atoms with E-state index in [1.165, 1.54) is 27.1 Å². The van der Waals surface area contributed by atoms with Crippen LogP contribution in [0, 0.1) is 0 Å². The van der Waals surface area contributed by atoms with Gasteiger partial charge in [-0.3, -0.25) is 19.0 Å². The summed E-state index contributed by atoms with van der Waals surface area (Å²) in [6, 6.07) is 0. The van der Waals surface area contributed by atoms with Crippen LogP contribution in [-0.2, 0) is 33.3 Å². The predicted molar refractivity (Wildman–Crippen MR) is 105 cm³/mol. The van der Waals surface area contributed by atoms with Gasteiger partial charge in [-0.2, -0.15) is 4.98 Å². The quantitative estimate of drug-likeness (QED) is 0.351. The summed E-state index contributed by atoms with van der Waals surface area (Å²) in [6.07, 6.45) is -3.24. The summed E-state index contributed by atoms with van der Waals surface area (Å²) >= 11 is 0. The monoisotopic (exact) mass is 442 g/mol. The van der Waals surface area contributed by atoms with Crippen LogP contribution in [-0.4, -0.2) is 65.6 Å². The molecule has 166 valence electrons. The van der Waals surface area contributed by atoms with Crippen LogP contribution in [0.25, 0.3) is 0 Å². The molecule has 2 rings (SSSR count). The van der Waals surface area contributed by atoms with Crippen molar-refractivity contribution in [2.75, 3.05) is 11.6 Å². The lowest BCUT2D eigenvalue weighted by molar-refractivity contribution is -0.166. The van der Waals surface area contributed by atoms with Gasteiger partial charge in [0, 0.05) is 20.8 Å². The van der Waals surface area contributed by atoms with E-state index in [0.717, 1.165) is 4.57 Å². The number of esters is 3. The van der Waals surface area contributed by atoms with E-state index in [9.17, 15) is 19.2 Å². The number of aromatic nitrogens is 3. The zero-order valence-corrected chi connectivity index (χ0v) is 18.7. The summed E-state index contributed by atoms with van der Waals surface area (Å²) in [6.45, 7) is 9.33. The summed E-state index contributed by atoms with van der Waals surface area (Å²) in [5, 5.41) is 0. The number of hydrogen-bond donors (Lipinski definition) is 1. The third-order valence-corrected chi connectivity index (χ3v) is 4.80. The molecule has 1 fully saturated rings. The van der Waals surface area contributed by atoms with Gasteiger partial charge in [0.05, 0.1) is 0 Å². The van der Waals surface area contributed by atoms with Gasteiger partial charge in [0.25, 0.3) is 0 Å². The first kappa shape index (κ1) is 23.5. The van der Waals surface area contributed by atoms with E-state index >= 15 is 0 Å². The van der Waals surface area contributed by atoms with Crippen molar-refractivity contribution in [3.8, 4) is 0 Å². The van der Waals surface area contributed by atoms with Crippen molar-refractivity contribution in [2.24, 2.45) is 0 Å². The Morgan fingerprint density at radius 3 is 2.20 bits per heavy atom. The van der Waals surface area contributed by atoms with Crippen LogP contribution >= 0.6 is 0 Å². The van der Waals surface area contributed by atoms with Crippen molar-refractivity contribution in [3.05, 3.63) is 16.8 Å². The molecule has 13 heteroatoms. The maximum absolute atomic E-state index is 12.6. The first-order chi connectivity index (χ1) is 13.9. The molecular formula is C17H26N4O8Si. The predicted octanol–water partition coefficient (Wildman–Crippen LogP) is 0.209. The molecule has 2 heterocycles. The maximum Gasteiger partial charge on any atom is 0.354 e. The van der Waals surface area contributed by atoms with E-state index < -0.39 is 56.4 Å². The van der Waals surface area contributed by atoms with Gasteiger partial charge >= 0.3 is 23.6 Å². The largest absolute Gasteiger partial charge is 0.463 e. The first-order valence-corrected chi connectivity index (χ1v) is 12.7. The molecule has 0 saturated carbocycles. The Labute approximate surface area is 174 Å². The zero-order valence-electron chi connectivity index (χ0n) is 17.7. The van der Waals surface area contributed by atoms with Gasteiger partial charge in [0.2, 0.25) is 5.95 Å². The fraction of sp³-hybridized carbons (Fsp3) is 0.647. The lowest BCUT2D eigenvalue weighted by Crippen LogP contribution is -2.42. The number of ether oxygens (including phenoxy) is 4. The smallest absolute Gasteiger partial charge is 0.354 e. The van der Waals surface area contributed by atoms with Crippen LogP contribution in [0.4, 0.5) is 5.95 Å². The zero-order chi connectivity index (χ0) is 22.6. The molecule has 0 radical (unpaired) electrons. The van der Waals surface area contributed by atoms with Crippen LogP contribution in [0.5, 0.6) is 0 Å². The van der Waals surface area contributed by atoms with Crippen LogP contribution in [0.1, 0.15) is 27.0 Å². The second-order valence-electron chi connectivity index (χ2n) is 7.76. The summed E-state index contributed by atoms with van der Waals surface area (Å²) in [4.78, 5) is 58.2. The Bertz CT molecular complexity index is 868. The standard InChI is InChI=1S/C17H26N4O8Si/c1-9(22)26-7-12-13(27-10(2)23)14(28-11(3)24)15(29-12)21-8-18-16(19-17(21)25)20-30(4,5)6/h8,12-15H,7H2,1-6H3,(H,19,20,25)/t12-,13-,14-,15-/m1/s1. The number of rotatable bonds is 7. The van der Waals surface area contributed by atoms with E-state index in [2.05, 4.69) is 15.0 Å². The Balaban J connectivity index is 2.39. The molecule has 0 amide bonds. The van der Waals surface area contributed by atoms with Crippen molar-refractivity contribution in [3.63, 3.8) is 0 Å². The van der Waals surface area contributed by atoms with Gasteiger partial charge < -0.3 is 23.9 Å². The molecule has 4 atom stereocenters. The Hall–Kier alpha value is -2.80. The van der Waals surface area contributed by atoms with Crippen LogP contribution in [0.3, 0.4) is 0 Å². The number of hydrogen-bond acceptors (Lipinski definition) is 11. The van der Waals surface area contributed by atoms with Gasteiger partial charge in [0.15, 0.2) is 18.4 Å². The van der Waals surface area contributed by atoms with Gasteiger partial charge in [0.1, 0.15) is 27.3 Å². The summed E-state index contributed by atoms with van der Waals surface area (Å²) in [5.41, 5.74) is -0.706. The Morgan fingerprint density at radius 2 is 1.70 bits per heavy atom. The summed E-state index contributed by atoms with van der Waals surface area (Å²) < 4.78 is 22.3. The second-order valence-corrected chi connectivity index (χ2v) is 12.5. The normalized spacial score (nSPS) is 23.5. The molecule has 1 aromatic heterocycles. The highest BCUT2D eigenvalue weighted by atomic mass is 28.3. The molecule has 12 nitrogen and oxygen atoms in total. The average molecular weight is 443 g/mol. The minimum atomic E-state index is -1.80. The SMILES string of the molecule is CC(=O)OC[C@H]1O[C@@H](n2cnc(N[Si](C)(C)C)nc2=O)[C@H](OC(C)=O)[C@@H]1OC(C)=O. The topological polar surface area (TPSA) is 148 Å². The van der Waals surface area contributed by atoms with Crippen LogP contribution in [0.15, 0.2) is 11.1 Å². The number of carbonyl (C=O) groups excluding carboxylic acids is 3. The summed E-state index contributed by atoms with van der Waals surface area (Å²) in [5.74, 6) is -1.74. The number of carbonyl (C=O) groups is 3. The minimum Gasteiger partial charge on any atom is -0.463 e.